The van der Waals surface area contributed by atoms with E-state index in [1.165, 1.54) is 18.2 Å². The fourth-order valence-electron chi connectivity index (χ4n) is 4.10. The number of aromatic carboxylic acids is 1. The quantitative estimate of drug-likeness (QED) is 0.626. The van der Waals surface area contributed by atoms with Gasteiger partial charge in [-0.15, -0.1) is 0 Å². The topological polar surface area (TPSA) is 49.3 Å². The van der Waals surface area contributed by atoms with Crippen LogP contribution in [0.5, 0.6) is 0 Å². The number of carbonyl (C=O) groups is 1. The van der Waals surface area contributed by atoms with Gasteiger partial charge in [0.25, 0.3) is 0 Å². The first-order valence-electron chi connectivity index (χ1n) is 8.43. The van der Waals surface area contributed by atoms with Gasteiger partial charge in [-0.05, 0) is 47.7 Å². The second-order valence-electron chi connectivity index (χ2n) is 6.79. The Morgan fingerprint density at radius 2 is 2.00 bits per heavy atom. The minimum absolute atomic E-state index is 0.0856. The third-order valence-electron chi connectivity index (χ3n) is 5.27. The van der Waals surface area contributed by atoms with E-state index in [-0.39, 0.29) is 17.4 Å². The SMILES string of the molecule is O=C(O)c1ccc(Cl)c2c1[C@H]1C=CC[C@@H]1[C@@H](c1cccc(C(F)(F)F)c1)N2. The van der Waals surface area contributed by atoms with Gasteiger partial charge in [0.1, 0.15) is 0 Å². The number of alkyl halides is 3. The van der Waals surface area contributed by atoms with Crippen molar-refractivity contribution in [2.75, 3.05) is 5.32 Å². The van der Waals surface area contributed by atoms with Gasteiger partial charge < -0.3 is 10.4 Å². The molecule has 2 N–H and O–H groups in total. The molecule has 1 heterocycles. The van der Waals surface area contributed by atoms with Gasteiger partial charge in [0, 0.05) is 5.92 Å². The molecular formula is C20H15ClF3NO2. The van der Waals surface area contributed by atoms with Crippen molar-refractivity contribution in [1.82, 2.24) is 0 Å². The van der Waals surface area contributed by atoms with E-state index in [2.05, 4.69) is 5.32 Å². The summed E-state index contributed by atoms with van der Waals surface area (Å²) in [6.45, 7) is 0. The predicted molar refractivity (Wildman–Crippen MR) is 96.2 cm³/mol. The third kappa shape index (κ3) is 2.98. The minimum atomic E-state index is -4.43. The van der Waals surface area contributed by atoms with Gasteiger partial charge in [-0.2, -0.15) is 13.2 Å². The molecule has 0 aromatic heterocycles. The van der Waals surface area contributed by atoms with Crippen LogP contribution in [0.3, 0.4) is 0 Å². The number of allylic oxidation sites excluding steroid dienone is 2. The van der Waals surface area contributed by atoms with E-state index >= 15 is 0 Å². The number of fused-ring (bicyclic) bond motifs is 3. The van der Waals surface area contributed by atoms with E-state index in [1.807, 2.05) is 12.2 Å². The van der Waals surface area contributed by atoms with Crippen LogP contribution in [0.2, 0.25) is 5.02 Å². The molecule has 0 radical (unpaired) electrons. The highest BCUT2D eigenvalue weighted by molar-refractivity contribution is 6.33. The Morgan fingerprint density at radius 1 is 1.22 bits per heavy atom. The monoisotopic (exact) mass is 393 g/mol. The van der Waals surface area contributed by atoms with E-state index in [0.717, 1.165) is 12.1 Å². The number of benzene rings is 2. The van der Waals surface area contributed by atoms with E-state index in [9.17, 15) is 23.1 Å². The Balaban J connectivity index is 1.84. The average molecular weight is 394 g/mol. The summed E-state index contributed by atoms with van der Waals surface area (Å²) >= 11 is 6.31. The number of nitrogens with one attached hydrogen (secondary N) is 1. The summed E-state index contributed by atoms with van der Waals surface area (Å²) < 4.78 is 39.4. The first-order chi connectivity index (χ1) is 12.8. The summed E-state index contributed by atoms with van der Waals surface area (Å²) in [7, 11) is 0. The van der Waals surface area contributed by atoms with E-state index in [0.29, 0.717) is 28.3 Å². The zero-order valence-corrected chi connectivity index (χ0v) is 14.7. The number of hydrogen-bond acceptors (Lipinski definition) is 2. The van der Waals surface area contributed by atoms with E-state index in [4.69, 9.17) is 11.6 Å². The minimum Gasteiger partial charge on any atom is -0.478 e. The van der Waals surface area contributed by atoms with Gasteiger partial charge in [0.05, 0.1) is 27.9 Å². The maximum absolute atomic E-state index is 13.1. The maximum atomic E-state index is 13.1. The van der Waals surface area contributed by atoms with E-state index in [1.54, 1.807) is 6.07 Å². The molecule has 2 aromatic rings. The zero-order chi connectivity index (χ0) is 19.3. The number of carboxylic acid groups (broad SMARTS) is 1. The van der Waals surface area contributed by atoms with Crippen LogP contribution in [0.25, 0.3) is 0 Å². The Hall–Kier alpha value is -2.47. The molecule has 1 aliphatic heterocycles. The van der Waals surface area contributed by atoms with Crippen molar-refractivity contribution in [3.63, 3.8) is 0 Å². The number of hydrogen-bond donors (Lipinski definition) is 2. The summed E-state index contributed by atoms with van der Waals surface area (Å²) in [5.41, 5.74) is 1.03. The van der Waals surface area contributed by atoms with Crippen LogP contribution >= 0.6 is 11.6 Å². The summed E-state index contributed by atoms with van der Waals surface area (Å²) in [6, 6.07) is 7.80. The molecule has 0 saturated carbocycles. The van der Waals surface area contributed by atoms with Crippen LogP contribution < -0.4 is 5.32 Å². The standard InChI is InChI=1S/C20H15ClF3NO2/c21-15-8-7-14(19(26)27)16-12-5-2-6-13(12)17(25-18(15)16)10-3-1-4-11(9-10)20(22,23)24/h1-5,7-9,12-13,17,25H,6H2,(H,26,27)/t12-,13-,17+/m0/s1. The molecule has 0 amide bonds. The lowest BCUT2D eigenvalue weighted by Gasteiger charge is -2.38. The van der Waals surface area contributed by atoms with Gasteiger partial charge in [0.2, 0.25) is 0 Å². The molecule has 1 aliphatic carbocycles. The van der Waals surface area contributed by atoms with Crippen LogP contribution in [-0.2, 0) is 6.18 Å². The van der Waals surface area contributed by atoms with Crippen LogP contribution in [0.15, 0.2) is 48.6 Å². The Morgan fingerprint density at radius 3 is 2.70 bits per heavy atom. The number of carboxylic acids is 1. The molecule has 0 spiro atoms. The smallest absolute Gasteiger partial charge is 0.416 e. The number of halogens is 4. The van der Waals surface area contributed by atoms with Gasteiger partial charge in [-0.1, -0.05) is 35.9 Å². The average Bonchev–Trinajstić information content (AvgIpc) is 3.10. The molecule has 0 bridgehead atoms. The van der Waals surface area contributed by atoms with Crippen molar-refractivity contribution < 1.29 is 23.1 Å². The second kappa shape index (κ2) is 6.30. The highest BCUT2D eigenvalue weighted by Crippen LogP contribution is 2.52. The maximum Gasteiger partial charge on any atom is 0.416 e. The van der Waals surface area contributed by atoms with Crippen molar-refractivity contribution in [2.24, 2.45) is 5.92 Å². The zero-order valence-electron chi connectivity index (χ0n) is 13.9. The van der Waals surface area contributed by atoms with Gasteiger partial charge in [0.15, 0.2) is 0 Å². The lowest BCUT2D eigenvalue weighted by molar-refractivity contribution is -0.137. The Bertz CT molecular complexity index is 955. The van der Waals surface area contributed by atoms with Crippen molar-refractivity contribution >= 4 is 23.3 Å². The molecule has 4 rings (SSSR count). The summed E-state index contributed by atoms with van der Waals surface area (Å²) in [4.78, 5) is 11.7. The lowest BCUT2D eigenvalue weighted by atomic mass is 9.75. The normalized spacial score (nSPS) is 23.5. The highest BCUT2D eigenvalue weighted by Gasteiger charge is 2.41. The van der Waals surface area contributed by atoms with E-state index < -0.39 is 23.8 Å². The van der Waals surface area contributed by atoms with Crippen LogP contribution in [0, 0.1) is 5.92 Å². The van der Waals surface area contributed by atoms with Crippen molar-refractivity contribution in [3.8, 4) is 0 Å². The lowest BCUT2D eigenvalue weighted by Crippen LogP contribution is -2.31. The van der Waals surface area contributed by atoms with Gasteiger partial charge >= 0.3 is 12.1 Å². The van der Waals surface area contributed by atoms with Crippen LogP contribution in [-0.4, -0.2) is 11.1 Å². The molecule has 2 aromatic carbocycles. The van der Waals surface area contributed by atoms with Crippen molar-refractivity contribution in [1.29, 1.82) is 0 Å². The van der Waals surface area contributed by atoms with Gasteiger partial charge in [-0.3, -0.25) is 0 Å². The number of rotatable bonds is 2. The molecule has 0 fully saturated rings. The summed E-state index contributed by atoms with van der Waals surface area (Å²) in [5.74, 6) is -1.36. The molecule has 2 aliphatic rings. The van der Waals surface area contributed by atoms with Crippen LogP contribution in [0.4, 0.5) is 18.9 Å². The first kappa shape index (κ1) is 17.9. The Kier molecular flexibility index (Phi) is 4.18. The highest BCUT2D eigenvalue weighted by atomic mass is 35.5. The summed E-state index contributed by atoms with van der Waals surface area (Å²) in [5, 5.41) is 13.1. The Labute approximate surface area is 158 Å². The molecule has 3 atom stereocenters. The fraction of sp³-hybridized carbons (Fsp3) is 0.250. The predicted octanol–water partition coefficient (Wildman–Crippen LogP) is 5.88. The van der Waals surface area contributed by atoms with Crippen molar-refractivity contribution in [2.45, 2.75) is 24.6 Å². The molecule has 3 nitrogen and oxygen atoms in total. The first-order valence-corrected chi connectivity index (χ1v) is 8.81. The molecule has 140 valence electrons. The molecule has 0 saturated heterocycles. The largest absolute Gasteiger partial charge is 0.478 e. The molecule has 0 unspecified atom stereocenters. The number of anilines is 1. The third-order valence-corrected chi connectivity index (χ3v) is 5.59. The van der Waals surface area contributed by atoms with Gasteiger partial charge in [-0.25, -0.2) is 4.79 Å². The van der Waals surface area contributed by atoms with Crippen molar-refractivity contribution in [3.05, 3.63) is 75.8 Å². The molecule has 7 heteroatoms. The summed E-state index contributed by atoms with van der Waals surface area (Å²) in [6.07, 6.45) is 0.0839. The fourth-order valence-corrected chi connectivity index (χ4v) is 4.32. The second-order valence-corrected chi connectivity index (χ2v) is 7.19. The molecule has 27 heavy (non-hydrogen) atoms. The molecular weight excluding hydrogens is 379 g/mol. The van der Waals surface area contributed by atoms with Crippen LogP contribution in [0.1, 0.15) is 45.4 Å².